The Labute approximate surface area is 86.7 Å². The summed E-state index contributed by atoms with van der Waals surface area (Å²) in [6.07, 6.45) is 4.69. The van der Waals surface area contributed by atoms with Gasteiger partial charge in [0.1, 0.15) is 5.76 Å². The molecule has 0 aliphatic rings. The summed E-state index contributed by atoms with van der Waals surface area (Å²) in [4.78, 5) is 0. The maximum absolute atomic E-state index is 5.26. The first-order valence-electron chi connectivity index (χ1n) is 5.52. The second-order valence-electron chi connectivity index (χ2n) is 4.53. The van der Waals surface area contributed by atoms with E-state index in [4.69, 9.17) is 4.52 Å². The zero-order valence-corrected chi connectivity index (χ0v) is 9.76. The number of hydrogen-bond acceptors (Lipinski definition) is 2. The van der Waals surface area contributed by atoms with Gasteiger partial charge in [0.2, 0.25) is 0 Å². The second kappa shape index (κ2) is 4.63. The maximum Gasteiger partial charge on any atom is 0.137 e. The highest BCUT2D eigenvalue weighted by Crippen LogP contribution is 2.31. The Bertz CT molecular complexity index is 280. The minimum Gasteiger partial charge on any atom is -0.361 e. The van der Waals surface area contributed by atoms with Crippen LogP contribution in [0.25, 0.3) is 0 Å². The van der Waals surface area contributed by atoms with E-state index in [1.165, 1.54) is 19.3 Å². The summed E-state index contributed by atoms with van der Waals surface area (Å²) in [6, 6.07) is 2.05. The Morgan fingerprint density at radius 2 is 2.14 bits per heavy atom. The van der Waals surface area contributed by atoms with Crippen LogP contribution in [0.4, 0.5) is 0 Å². The molecule has 1 heterocycles. The molecular formula is C12H21NO. The molecule has 0 radical (unpaired) electrons. The third kappa shape index (κ3) is 2.86. The first kappa shape index (κ1) is 11.3. The van der Waals surface area contributed by atoms with Gasteiger partial charge in [0.15, 0.2) is 0 Å². The van der Waals surface area contributed by atoms with E-state index in [9.17, 15) is 0 Å². The Morgan fingerprint density at radius 3 is 2.57 bits per heavy atom. The van der Waals surface area contributed by atoms with Gasteiger partial charge in [-0.25, -0.2) is 0 Å². The topological polar surface area (TPSA) is 26.0 Å². The van der Waals surface area contributed by atoms with Crippen molar-refractivity contribution in [3.63, 3.8) is 0 Å². The molecule has 2 heteroatoms. The van der Waals surface area contributed by atoms with Crippen molar-refractivity contribution in [2.45, 2.75) is 53.4 Å². The van der Waals surface area contributed by atoms with Gasteiger partial charge in [-0.3, -0.25) is 0 Å². The lowest BCUT2D eigenvalue weighted by Crippen LogP contribution is -2.17. The van der Waals surface area contributed by atoms with Gasteiger partial charge in [-0.05, 0) is 18.8 Å². The fourth-order valence-electron chi connectivity index (χ4n) is 1.91. The normalized spacial score (nSPS) is 15.4. The summed E-state index contributed by atoms with van der Waals surface area (Å²) in [6.45, 7) is 8.78. The van der Waals surface area contributed by atoms with Crippen molar-refractivity contribution in [2.75, 3.05) is 0 Å². The predicted molar refractivity (Wildman–Crippen MR) is 58.3 cm³/mol. The van der Waals surface area contributed by atoms with Gasteiger partial charge < -0.3 is 4.52 Å². The quantitative estimate of drug-likeness (QED) is 0.715. The number of hydrogen-bond donors (Lipinski definition) is 0. The van der Waals surface area contributed by atoms with E-state index in [2.05, 4.69) is 25.9 Å². The Balaban J connectivity index is 2.64. The molecule has 0 spiro atoms. The Kier molecular flexibility index (Phi) is 3.73. The number of aromatic nitrogens is 1. The van der Waals surface area contributed by atoms with E-state index in [0.29, 0.717) is 5.41 Å². The van der Waals surface area contributed by atoms with Gasteiger partial charge in [-0.2, -0.15) is 0 Å². The lowest BCUT2D eigenvalue weighted by Gasteiger charge is -2.26. The highest BCUT2D eigenvalue weighted by Gasteiger charge is 2.23. The molecule has 0 aliphatic carbocycles. The summed E-state index contributed by atoms with van der Waals surface area (Å²) >= 11 is 0. The van der Waals surface area contributed by atoms with Crippen molar-refractivity contribution in [1.82, 2.24) is 5.16 Å². The van der Waals surface area contributed by atoms with Crippen molar-refractivity contribution in [3.05, 3.63) is 17.5 Å². The molecule has 0 bridgehead atoms. The number of aryl methyl sites for hydroxylation is 1. The second-order valence-corrected chi connectivity index (χ2v) is 4.53. The van der Waals surface area contributed by atoms with Gasteiger partial charge in [0.25, 0.3) is 0 Å². The Morgan fingerprint density at radius 1 is 1.43 bits per heavy atom. The Hall–Kier alpha value is -0.790. The highest BCUT2D eigenvalue weighted by atomic mass is 16.5. The smallest absolute Gasteiger partial charge is 0.137 e. The highest BCUT2D eigenvalue weighted by molar-refractivity contribution is 5.05. The number of nitrogens with zero attached hydrogens (tertiary/aromatic N) is 1. The lowest BCUT2D eigenvalue weighted by atomic mass is 9.79. The molecule has 0 saturated carbocycles. The third-order valence-electron chi connectivity index (χ3n) is 2.98. The van der Waals surface area contributed by atoms with Crippen LogP contribution in [0.3, 0.4) is 0 Å². The fraction of sp³-hybridized carbons (Fsp3) is 0.750. The van der Waals surface area contributed by atoms with Crippen LogP contribution in [0.1, 0.15) is 51.5 Å². The molecule has 0 fully saturated rings. The molecule has 0 aliphatic heterocycles. The third-order valence-corrected chi connectivity index (χ3v) is 2.98. The van der Waals surface area contributed by atoms with E-state index in [1.807, 2.05) is 13.0 Å². The zero-order valence-electron chi connectivity index (χ0n) is 9.76. The average molecular weight is 195 g/mol. The molecule has 1 rings (SSSR count). The monoisotopic (exact) mass is 195 g/mol. The van der Waals surface area contributed by atoms with Crippen LogP contribution in [0.2, 0.25) is 0 Å². The molecule has 14 heavy (non-hydrogen) atoms. The summed E-state index contributed by atoms with van der Waals surface area (Å²) in [7, 11) is 0. The van der Waals surface area contributed by atoms with Crippen molar-refractivity contribution in [1.29, 1.82) is 0 Å². The molecule has 1 unspecified atom stereocenters. The van der Waals surface area contributed by atoms with Crippen LogP contribution in [0, 0.1) is 12.3 Å². The van der Waals surface area contributed by atoms with Crippen molar-refractivity contribution in [2.24, 2.45) is 5.41 Å². The first-order chi connectivity index (χ1) is 6.59. The molecule has 0 amide bonds. The van der Waals surface area contributed by atoms with Crippen LogP contribution >= 0.6 is 0 Å². The molecule has 0 aromatic carbocycles. The minimum atomic E-state index is 0.376. The van der Waals surface area contributed by atoms with E-state index < -0.39 is 0 Å². The van der Waals surface area contributed by atoms with E-state index in [0.717, 1.165) is 17.9 Å². The summed E-state index contributed by atoms with van der Waals surface area (Å²) in [5, 5.41) is 3.92. The van der Waals surface area contributed by atoms with Gasteiger partial charge in [-0.15, -0.1) is 0 Å². The molecule has 1 aromatic rings. The SMILES string of the molecule is CCCC(C)(CC)Cc1cc(C)no1. The fourth-order valence-corrected chi connectivity index (χ4v) is 1.91. The standard InChI is InChI=1S/C12H21NO/c1-5-7-12(4,6-2)9-11-8-10(3)13-14-11/h8H,5-7,9H2,1-4H3. The average Bonchev–Trinajstić information content (AvgIpc) is 2.51. The van der Waals surface area contributed by atoms with Gasteiger partial charge >= 0.3 is 0 Å². The minimum absolute atomic E-state index is 0.376. The molecule has 80 valence electrons. The molecular weight excluding hydrogens is 174 g/mol. The summed E-state index contributed by atoms with van der Waals surface area (Å²) in [5.74, 6) is 1.03. The van der Waals surface area contributed by atoms with Crippen molar-refractivity contribution < 1.29 is 4.52 Å². The molecule has 1 aromatic heterocycles. The van der Waals surface area contributed by atoms with E-state index in [-0.39, 0.29) is 0 Å². The van der Waals surface area contributed by atoms with Crippen LogP contribution in [-0.4, -0.2) is 5.16 Å². The van der Waals surface area contributed by atoms with Crippen molar-refractivity contribution >= 4 is 0 Å². The molecule has 1 atom stereocenters. The van der Waals surface area contributed by atoms with Crippen LogP contribution in [0.15, 0.2) is 10.6 Å². The van der Waals surface area contributed by atoms with Gasteiger partial charge in [-0.1, -0.05) is 38.8 Å². The van der Waals surface area contributed by atoms with Crippen LogP contribution in [-0.2, 0) is 6.42 Å². The molecule has 0 saturated heterocycles. The number of rotatable bonds is 5. The summed E-state index contributed by atoms with van der Waals surface area (Å²) < 4.78 is 5.26. The first-order valence-corrected chi connectivity index (χ1v) is 5.52. The van der Waals surface area contributed by atoms with Crippen molar-refractivity contribution in [3.8, 4) is 0 Å². The van der Waals surface area contributed by atoms with Crippen LogP contribution in [0.5, 0.6) is 0 Å². The zero-order chi connectivity index (χ0) is 10.6. The predicted octanol–water partition coefficient (Wildman–Crippen LogP) is 3.74. The largest absolute Gasteiger partial charge is 0.361 e. The molecule has 2 nitrogen and oxygen atoms in total. The van der Waals surface area contributed by atoms with Gasteiger partial charge in [0.05, 0.1) is 5.69 Å². The van der Waals surface area contributed by atoms with E-state index in [1.54, 1.807) is 0 Å². The summed E-state index contributed by atoms with van der Waals surface area (Å²) in [5.41, 5.74) is 1.36. The molecule has 0 N–H and O–H groups in total. The van der Waals surface area contributed by atoms with Gasteiger partial charge in [0, 0.05) is 12.5 Å². The lowest BCUT2D eigenvalue weighted by molar-refractivity contribution is 0.245. The van der Waals surface area contributed by atoms with Crippen LogP contribution < -0.4 is 0 Å². The van der Waals surface area contributed by atoms with E-state index >= 15 is 0 Å². The maximum atomic E-state index is 5.26.